The van der Waals surface area contributed by atoms with Crippen molar-refractivity contribution in [2.75, 3.05) is 11.5 Å². The van der Waals surface area contributed by atoms with Crippen LogP contribution in [0.2, 0.25) is 0 Å². The van der Waals surface area contributed by atoms with E-state index in [1.165, 1.54) is 6.07 Å². The Morgan fingerprint density at radius 3 is 2.67 bits per heavy atom. The number of nitrogens with one attached hydrogen (secondary N) is 1. The predicted octanol–water partition coefficient (Wildman–Crippen LogP) is 3.04. The highest BCUT2D eigenvalue weighted by Crippen LogP contribution is 2.36. The second kappa shape index (κ2) is 7.31. The molecule has 1 N–H and O–H groups in total. The lowest BCUT2D eigenvalue weighted by atomic mass is 10.2. The highest BCUT2D eigenvalue weighted by Gasteiger charge is 2.34. The number of amides is 1. The standard InChI is InChI=1S/C17H17F3N2O3S2/c1-10(16(23)21-11-6-7-27(24,25)9-11)26-14-8-15(17(18,19)20)22-13-5-3-2-4-12(13)14/h2-5,8,10-11H,6-7,9H2,1H3,(H,21,23)/t10-,11-/m0/s1. The molecule has 2 aromatic rings. The first-order chi connectivity index (χ1) is 12.5. The minimum atomic E-state index is -4.59. The summed E-state index contributed by atoms with van der Waals surface area (Å²) in [6.07, 6.45) is -4.25. The van der Waals surface area contributed by atoms with Gasteiger partial charge in [-0.25, -0.2) is 13.4 Å². The third-order valence-electron chi connectivity index (χ3n) is 4.22. The molecule has 27 heavy (non-hydrogen) atoms. The van der Waals surface area contributed by atoms with Gasteiger partial charge in [0.05, 0.1) is 22.3 Å². The molecule has 0 bridgehead atoms. The van der Waals surface area contributed by atoms with Gasteiger partial charge in [-0.05, 0) is 25.5 Å². The van der Waals surface area contributed by atoms with Crippen LogP contribution in [0, 0.1) is 0 Å². The highest BCUT2D eigenvalue weighted by atomic mass is 32.2. The maximum atomic E-state index is 13.1. The number of pyridine rings is 1. The van der Waals surface area contributed by atoms with E-state index in [1.54, 1.807) is 25.1 Å². The lowest BCUT2D eigenvalue weighted by Gasteiger charge is -2.17. The van der Waals surface area contributed by atoms with Crippen LogP contribution < -0.4 is 5.32 Å². The van der Waals surface area contributed by atoms with Crippen molar-refractivity contribution < 1.29 is 26.4 Å². The molecule has 5 nitrogen and oxygen atoms in total. The van der Waals surface area contributed by atoms with Crippen molar-refractivity contribution in [1.29, 1.82) is 0 Å². The molecule has 1 aliphatic heterocycles. The van der Waals surface area contributed by atoms with Crippen molar-refractivity contribution in [3.63, 3.8) is 0 Å². The molecule has 146 valence electrons. The van der Waals surface area contributed by atoms with Gasteiger partial charge >= 0.3 is 6.18 Å². The van der Waals surface area contributed by atoms with Crippen LogP contribution in [0.1, 0.15) is 19.0 Å². The number of carbonyl (C=O) groups is 1. The lowest BCUT2D eigenvalue weighted by Crippen LogP contribution is -2.39. The van der Waals surface area contributed by atoms with Gasteiger partial charge in [0.1, 0.15) is 5.69 Å². The van der Waals surface area contributed by atoms with Crippen LogP contribution in [0.5, 0.6) is 0 Å². The monoisotopic (exact) mass is 418 g/mol. The van der Waals surface area contributed by atoms with Gasteiger partial charge in [-0.2, -0.15) is 13.2 Å². The fraction of sp³-hybridized carbons (Fsp3) is 0.412. The molecule has 2 atom stereocenters. The van der Waals surface area contributed by atoms with E-state index in [-0.39, 0.29) is 17.0 Å². The SMILES string of the molecule is C[C@H](Sc1cc(C(F)(F)F)nc2ccccc12)C(=O)N[C@H]1CCS(=O)(=O)C1. The zero-order valence-electron chi connectivity index (χ0n) is 14.3. The van der Waals surface area contributed by atoms with Crippen molar-refractivity contribution in [2.24, 2.45) is 0 Å². The Labute approximate surface area is 158 Å². The molecule has 1 fully saturated rings. The first-order valence-electron chi connectivity index (χ1n) is 8.19. The van der Waals surface area contributed by atoms with E-state index in [2.05, 4.69) is 10.3 Å². The second-order valence-electron chi connectivity index (χ2n) is 6.39. The average Bonchev–Trinajstić information content (AvgIpc) is 2.92. The molecule has 0 unspecified atom stereocenters. The van der Waals surface area contributed by atoms with Gasteiger partial charge in [-0.3, -0.25) is 4.79 Å². The lowest BCUT2D eigenvalue weighted by molar-refractivity contribution is -0.141. The topological polar surface area (TPSA) is 76.1 Å². The Bertz CT molecular complexity index is 977. The molecule has 2 heterocycles. The smallest absolute Gasteiger partial charge is 0.351 e. The number of hydrogen-bond acceptors (Lipinski definition) is 5. The number of rotatable bonds is 4. The van der Waals surface area contributed by atoms with Crippen molar-refractivity contribution in [1.82, 2.24) is 10.3 Å². The summed E-state index contributed by atoms with van der Waals surface area (Å²) in [6, 6.07) is 6.92. The van der Waals surface area contributed by atoms with Gasteiger partial charge in [0, 0.05) is 16.3 Å². The molecular weight excluding hydrogens is 401 g/mol. The van der Waals surface area contributed by atoms with Gasteiger partial charge in [0.2, 0.25) is 5.91 Å². The molecule has 0 aliphatic carbocycles. The van der Waals surface area contributed by atoms with Crippen LogP contribution in [0.3, 0.4) is 0 Å². The first-order valence-corrected chi connectivity index (χ1v) is 10.9. The van der Waals surface area contributed by atoms with E-state index in [9.17, 15) is 26.4 Å². The third kappa shape index (κ3) is 4.73. The fourth-order valence-electron chi connectivity index (χ4n) is 2.86. The highest BCUT2D eigenvalue weighted by molar-refractivity contribution is 8.00. The maximum Gasteiger partial charge on any atom is 0.433 e. The molecular formula is C17H17F3N2O3S2. The Kier molecular flexibility index (Phi) is 5.40. The molecule has 1 aromatic heterocycles. The van der Waals surface area contributed by atoms with Crippen LogP contribution in [-0.4, -0.2) is 42.1 Å². The normalized spacial score (nSPS) is 20.5. The van der Waals surface area contributed by atoms with Crippen LogP contribution >= 0.6 is 11.8 Å². The van der Waals surface area contributed by atoms with Crippen LogP contribution in [0.15, 0.2) is 35.2 Å². The number of alkyl halides is 3. The zero-order chi connectivity index (χ0) is 19.8. The molecule has 1 saturated heterocycles. The summed E-state index contributed by atoms with van der Waals surface area (Å²) >= 11 is 0.993. The Hall–Kier alpha value is -1.81. The summed E-state index contributed by atoms with van der Waals surface area (Å²) in [5, 5.41) is 2.50. The van der Waals surface area contributed by atoms with Gasteiger partial charge in [0.15, 0.2) is 9.84 Å². The van der Waals surface area contributed by atoms with E-state index in [1.807, 2.05) is 0 Å². The number of halogens is 3. The predicted molar refractivity (Wildman–Crippen MR) is 97.3 cm³/mol. The third-order valence-corrected chi connectivity index (χ3v) is 7.15. The van der Waals surface area contributed by atoms with E-state index in [0.717, 1.165) is 17.8 Å². The summed E-state index contributed by atoms with van der Waals surface area (Å²) < 4.78 is 62.4. The van der Waals surface area contributed by atoms with E-state index < -0.39 is 38.9 Å². The number of fused-ring (bicyclic) bond motifs is 1. The number of para-hydroxylation sites is 1. The Morgan fingerprint density at radius 2 is 2.04 bits per heavy atom. The number of carbonyl (C=O) groups excluding carboxylic acids is 1. The van der Waals surface area contributed by atoms with Crippen LogP contribution in [-0.2, 0) is 20.8 Å². The van der Waals surface area contributed by atoms with E-state index in [4.69, 9.17) is 0 Å². The summed E-state index contributed by atoms with van der Waals surface area (Å²) in [7, 11) is -3.13. The number of nitrogens with zero attached hydrogens (tertiary/aromatic N) is 1. The van der Waals surface area contributed by atoms with Gasteiger partial charge in [0.25, 0.3) is 0 Å². The van der Waals surface area contributed by atoms with Crippen molar-refractivity contribution >= 4 is 38.4 Å². The number of benzene rings is 1. The quantitative estimate of drug-likeness (QED) is 0.773. The maximum absolute atomic E-state index is 13.1. The second-order valence-corrected chi connectivity index (χ2v) is 10.0. The zero-order valence-corrected chi connectivity index (χ0v) is 15.9. The van der Waals surface area contributed by atoms with Crippen LogP contribution in [0.4, 0.5) is 13.2 Å². The average molecular weight is 418 g/mol. The first kappa shape index (κ1) is 19.9. The molecule has 1 aliphatic rings. The number of aromatic nitrogens is 1. The largest absolute Gasteiger partial charge is 0.433 e. The molecule has 10 heteroatoms. The van der Waals surface area contributed by atoms with Gasteiger partial charge in [-0.1, -0.05) is 18.2 Å². The summed E-state index contributed by atoms with van der Waals surface area (Å²) in [6.45, 7) is 1.58. The van der Waals surface area contributed by atoms with Crippen LogP contribution in [0.25, 0.3) is 10.9 Å². The summed E-state index contributed by atoms with van der Waals surface area (Å²) in [5.74, 6) is -0.479. The van der Waals surface area contributed by atoms with Gasteiger partial charge < -0.3 is 5.32 Å². The van der Waals surface area contributed by atoms with Gasteiger partial charge in [-0.15, -0.1) is 11.8 Å². The fourth-order valence-corrected chi connectivity index (χ4v) is 5.57. The number of sulfone groups is 1. The molecule has 3 rings (SSSR count). The van der Waals surface area contributed by atoms with Crippen molar-refractivity contribution in [2.45, 2.75) is 35.7 Å². The van der Waals surface area contributed by atoms with E-state index >= 15 is 0 Å². The summed E-state index contributed by atoms with van der Waals surface area (Å²) in [4.78, 5) is 16.3. The Morgan fingerprint density at radius 1 is 1.33 bits per heavy atom. The molecule has 0 saturated carbocycles. The molecule has 1 aromatic carbocycles. The molecule has 0 spiro atoms. The number of hydrogen-bond donors (Lipinski definition) is 1. The Balaban J connectivity index is 1.81. The van der Waals surface area contributed by atoms with E-state index in [0.29, 0.717) is 16.7 Å². The molecule has 0 radical (unpaired) electrons. The van der Waals surface area contributed by atoms with Crippen molar-refractivity contribution in [3.05, 3.63) is 36.0 Å². The number of thioether (sulfide) groups is 1. The molecule has 1 amide bonds. The minimum Gasteiger partial charge on any atom is -0.351 e. The minimum absolute atomic E-state index is 0.0312. The van der Waals surface area contributed by atoms with Crippen molar-refractivity contribution in [3.8, 4) is 0 Å². The summed E-state index contributed by atoms with van der Waals surface area (Å²) in [5.41, 5.74) is -0.817.